The molecule has 136 valence electrons. The van der Waals surface area contributed by atoms with Crippen LogP contribution in [0.25, 0.3) is 0 Å². The predicted octanol–water partition coefficient (Wildman–Crippen LogP) is 5.60. The summed E-state index contributed by atoms with van der Waals surface area (Å²) in [5, 5.41) is 8.96. The Kier molecular flexibility index (Phi) is 4.70. The number of nitriles is 1. The minimum Gasteiger partial charge on any atom is -0.371 e. The van der Waals surface area contributed by atoms with Gasteiger partial charge in [-0.3, -0.25) is 0 Å². The third-order valence-electron chi connectivity index (χ3n) is 5.23. The van der Waals surface area contributed by atoms with Crippen LogP contribution in [0.15, 0.2) is 48.5 Å². The fourth-order valence-electron chi connectivity index (χ4n) is 3.94. The molecule has 3 rings (SSSR count). The summed E-state index contributed by atoms with van der Waals surface area (Å²) >= 11 is 0. The summed E-state index contributed by atoms with van der Waals surface area (Å²) in [5.41, 5.74) is 0.523. The van der Waals surface area contributed by atoms with E-state index in [0.717, 1.165) is 12.5 Å². The van der Waals surface area contributed by atoms with Gasteiger partial charge in [-0.05, 0) is 41.5 Å². The van der Waals surface area contributed by atoms with Gasteiger partial charge in [0.25, 0.3) is 0 Å². The molecule has 1 aliphatic rings. The van der Waals surface area contributed by atoms with E-state index in [9.17, 15) is 13.2 Å². The molecule has 0 spiro atoms. The molecule has 5 heteroatoms. The van der Waals surface area contributed by atoms with Gasteiger partial charge in [0, 0.05) is 18.8 Å². The average Bonchev–Trinajstić information content (AvgIpc) is 2.60. The Balaban J connectivity index is 1.88. The number of hydrogen-bond donors (Lipinski definition) is 0. The maximum Gasteiger partial charge on any atom is 0.417 e. The van der Waals surface area contributed by atoms with E-state index in [1.54, 1.807) is 12.1 Å². The van der Waals surface area contributed by atoms with Crippen molar-refractivity contribution in [2.75, 3.05) is 18.0 Å². The third kappa shape index (κ3) is 3.55. The summed E-state index contributed by atoms with van der Waals surface area (Å²) in [6.07, 6.45) is -3.66. The molecule has 26 heavy (non-hydrogen) atoms. The van der Waals surface area contributed by atoms with Crippen LogP contribution in [0.1, 0.15) is 42.9 Å². The molecule has 0 radical (unpaired) electrons. The van der Waals surface area contributed by atoms with Gasteiger partial charge in [-0.2, -0.15) is 18.4 Å². The standard InChI is InChI=1S/C21H21F3N2/c1-20(2)14-26(11-10-18(20)15-6-4-3-5-7-15)17-9-8-16(13-25)19(12-17)21(22,23)24/h3-9,12,18H,10-11,14H2,1-2H3. The van der Waals surface area contributed by atoms with E-state index in [1.807, 2.05) is 23.1 Å². The van der Waals surface area contributed by atoms with E-state index in [-0.39, 0.29) is 11.0 Å². The minimum absolute atomic E-state index is 0.0775. The number of alkyl halides is 3. The van der Waals surface area contributed by atoms with Crippen molar-refractivity contribution < 1.29 is 13.2 Å². The van der Waals surface area contributed by atoms with Crippen molar-refractivity contribution in [1.82, 2.24) is 0 Å². The normalized spacial score (nSPS) is 19.8. The second kappa shape index (κ2) is 6.68. The Morgan fingerprint density at radius 1 is 1.12 bits per heavy atom. The summed E-state index contributed by atoms with van der Waals surface area (Å²) < 4.78 is 39.7. The van der Waals surface area contributed by atoms with Crippen molar-refractivity contribution >= 4 is 5.69 Å². The van der Waals surface area contributed by atoms with Gasteiger partial charge >= 0.3 is 6.18 Å². The second-order valence-electron chi connectivity index (χ2n) is 7.50. The SMILES string of the molecule is CC1(C)CN(c2ccc(C#N)c(C(F)(F)F)c2)CCC1c1ccccc1. The average molecular weight is 358 g/mol. The largest absolute Gasteiger partial charge is 0.417 e. The van der Waals surface area contributed by atoms with Gasteiger partial charge in [-0.1, -0.05) is 44.2 Å². The summed E-state index contributed by atoms with van der Waals surface area (Å²) in [5.74, 6) is 0.361. The molecule has 1 aliphatic heterocycles. The van der Waals surface area contributed by atoms with Crippen molar-refractivity contribution in [1.29, 1.82) is 5.26 Å². The molecular weight excluding hydrogens is 337 g/mol. The zero-order chi connectivity index (χ0) is 18.9. The van der Waals surface area contributed by atoms with Crippen LogP contribution in [-0.2, 0) is 6.18 Å². The lowest BCUT2D eigenvalue weighted by molar-refractivity contribution is -0.137. The smallest absolute Gasteiger partial charge is 0.371 e. The first-order valence-electron chi connectivity index (χ1n) is 8.63. The van der Waals surface area contributed by atoms with E-state index in [0.29, 0.717) is 24.7 Å². The Morgan fingerprint density at radius 2 is 1.81 bits per heavy atom. The number of halogens is 3. The molecule has 0 amide bonds. The van der Waals surface area contributed by atoms with Gasteiger partial charge in [-0.25, -0.2) is 0 Å². The zero-order valence-electron chi connectivity index (χ0n) is 14.8. The Labute approximate surface area is 151 Å². The van der Waals surface area contributed by atoms with Crippen molar-refractivity contribution in [3.8, 4) is 6.07 Å². The van der Waals surface area contributed by atoms with Crippen LogP contribution in [0.3, 0.4) is 0 Å². The second-order valence-corrected chi connectivity index (χ2v) is 7.50. The van der Waals surface area contributed by atoms with Crippen LogP contribution in [0.5, 0.6) is 0 Å². The number of rotatable bonds is 2. The van der Waals surface area contributed by atoms with E-state index in [4.69, 9.17) is 5.26 Å². The molecule has 0 aliphatic carbocycles. The molecule has 0 N–H and O–H groups in total. The van der Waals surface area contributed by atoms with Gasteiger partial charge in [-0.15, -0.1) is 0 Å². The minimum atomic E-state index is -4.53. The van der Waals surface area contributed by atoms with Crippen LogP contribution in [0.4, 0.5) is 18.9 Å². The Bertz CT molecular complexity index is 819. The number of anilines is 1. The van der Waals surface area contributed by atoms with E-state index >= 15 is 0 Å². The van der Waals surface area contributed by atoms with Gasteiger partial charge in [0.2, 0.25) is 0 Å². The number of nitrogens with zero attached hydrogens (tertiary/aromatic N) is 2. The highest BCUT2D eigenvalue weighted by Gasteiger charge is 2.38. The van der Waals surface area contributed by atoms with Crippen molar-refractivity contribution in [3.05, 3.63) is 65.2 Å². The molecule has 0 saturated carbocycles. The summed E-state index contributed by atoms with van der Waals surface area (Å²) in [4.78, 5) is 2.00. The van der Waals surface area contributed by atoms with E-state index < -0.39 is 11.7 Å². The van der Waals surface area contributed by atoms with Crippen LogP contribution in [0.2, 0.25) is 0 Å². The van der Waals surface area contributed by atoms with Crippen molar-refractivity contribution in [2.24, 2.45) is 5.41 Å². The topological polar surface area (TPSA) is 27.0 Å². The first-order valence-corrected chi connectivity index (χ1v) is 8.63. The number of benzene rings is 2. The van der Waals surface area contributed by atoms with Gasteiger partial charge in [0.05, 0.1) is 17.2 Å². The summed E-state index contributed by atoms with van der Waals surface area (Å²) in [6, 6.07) is 15.9. The highest BCUT2D eigenvalue weighted by Crippen LogP contribution is 2.44. The zero-order valence-corrected chi connectivity index (χ0v) is 14.8. The summed E-state index contributed by atoms with van der Waals surface area (Å²) in [6.45, 7) is 5.66. The molecule has 1 atom stereocenters. The first-order chi connectivity index (χ1) is 12.2. The molecule has 1 fully saturated rings. The molecular formula is C21H21F3N2. The molecule has 0 aromatic heterocycles. The lowest BCUT2D eigenvalue weighted by Crippen LogP contribution is -2.44. The molecule has 2 aromatic rings. The molecule has 0 bridgehead atoms. The van der Waals surface area contributed by atoms with Crippen LogP contribution >= 0.6 is 0 Å². The van der Waals surface area contributed by atoms with Gasteiger partial charge in [0.15, 0.2) is 0 Å². The number of hydrogen-bond acceptors (Lipinski definition) is 2. The highest BCUT2D eigenvalue weighted by molar-refractivity contribution is 5.55. The van der Waals surface area contributed by atoms with Crippen LogP contribution in [-0.4, -0.2) is 13.1 Å². The monoisotopic (exact) mass is 358 g/mol. The van der Waals surface area contributed by atoms with Gasteiger partial charge in [0.1, 0.15) is 0 Å². The Morgan fingerprint density at radius 3 is 2.38 bits per heavy atom. The Hall–Kier alpha value is -2.48. The van der Waals surface area contributed by atoms with E-state index in [1.165, 1.54) is 11.6 Å². The van der Waals surface area contributed by atoms with Crippen LogP contribution in [0, 0.1) is 16.7 Å². The lowest BCUT2D eigenvalue weighted by atomic mass is 9.70. The maximum atomic E-state index is 13.2. The molecule has 1 saturated heterocycles. The fraction of sp³-hybridized carbons (Fsp3) is 0.381. The van der Waals surface area contributed by atoms with Crippen molar-refractivity contribution in [3.63, 3.8) is 0 Å². The molecule has 1 unspecified atom stereocenters. The molecule has 2 nitrogen and oxygen atoms in total. The van der Waals surface area contributed by atoms with Gasteiger partial charge < -0.3 is 4.90 Å². The lowest BCUT2D eigenvalue weighted by Gasteiger charge is -2.45. The first kappa shape index (κ1) is 18.3. The highest BCUT2D eigenvalue weighted by atomic mass is 19.4. The van der Waals surface area contributed by atoms with E-state index in [2.05, 4.69) is 26.0 Å². The fourth-order valence-corrected chi connectivity index (χ4v) is 3.94. The maximum absolute atomic E-state index is 13.2. The molecule has 1 heterocycles. The van der Waals surface area contributed by atoms with Crippen molar-refractivity contribution in [2.45, 2.75) is 32.4 Å². The van der Waals surface area contributed by atoms with Crippen LogP contribution < -0.4 is 4.90 Å². The number of piperidine rings is 1. The summed E-state index contributed by atoms with van der Waals surface area (Å²) in [7, 11) is 0. The molecule has 2 aromatic carbocycles. The quantitative estimate of drug-likeness (QED) is 0.699. The predicted molar refractivity (Wildman–Crippen MR) is 96.0 cm³/mol. The third-order valence-corrected chi connectivity index (χ3v) is 5.23.